The smallest absolute Gasteiger partial charge is 0.240 e. The van der Waals surface area contributed by atoms with E-state index >= 15 is 0 Å². The van der Waals surface area contributed by atoms with Crippen LogP contribution in [0.4, 0.5) is 0 Å². The minimum atomic E-state index is -0.569. The molecule has 0 aromatic heterocycles. The highest BCUT2D eigenvalue weighted by molar-refractivity contribution is 5.81. The van der Waals surface area contributed by atoms with Crippen LogP contribution < -0.4 is 0 Å². The number of likely N-dealkylation sites (tertiary alicyclic amines) is 1. The van der Waals surface area contributed by atoms with E-state index in [2.05, 4.69) is 0 Å². The molecule has 4 heteroatoms. The third-order valence-corrected chi connectivity index (χ3v) is 2.55. The maximum atomic E-state index is 11.8. The van der Waals surface area contributed by atoms with Gasteiger partial charge in [0.1, 0.15) is 5.92 Å². The van der Waals surface area contributed by atoms with Crippen LogP contribution >= 0.6 is 0 Å². The summed E-state index contributed by atoms with van der Waals surface area (Å²) < 4.78 is 0. The number of β-amino-alcohol motifs (C(OH)–C–C–N with tert-alkyl or cyclic N) is 1. The largest absolute Gasteiger partial charge is 0.391 e. The number of nitriles is 1. The highest BCUT2D eigenvalue weighted by Gasteiger charge is 2.31. The van der Waals surface area contributed by atoms with E-state index in [0.29, 0.717) is 19.5 Å². The maximum absolute atomic E-state index is 11.8. The summed E-state index contributed by atoms with van der Waals surface area (Å²) in [6, 6.07) is 2.02. The van der Waals surface area contributed by atoms with E-state index < -0.39 is 12.0 Å². The Bertz CT molecular complexity index is 257. The maximum Gasteiger partial charge on any atom is 0.240 e. The van der Waals surface area contributed by atoms with Crippen molar-refractivity contribution in [3.05, 3.63) is 0 Å². The van der Waals surface area contributed by atoms with Crippen LogP contribution in [0.1, 0.15) is 20.3 Å². The predicted molar refractivity (Wildman–Crippen MR) is 51.1 cm³/mol. The van der Waals surface area contributed by atoms with Gasteiger partial charge in [-0.15, -0.1) is 0 Å². The molecule has 1 fully saturated rings. The Morgan fingerprint density at radius 3 is 2.64 bits per heavy atom. The molecule has 78 valence electrons. The molecule has 0 spiro atoms. The summed E-state index contributed by atoms with van der Waals surface area (Å²) in [6.45, 7) is 4.67. The normalized spacial score (nSPS) is 23.6. The van der Waals surface area contributed by atoms with Crippen LogP contribution in [0.25, 0.3) is 0 Å². The van der Waals surface area contributed by atoms with Gasteiger partial charge in [-0.25, -0.2) is 0 Å². The van der Waals surface area contributed by atoms with Crippen molar-refractivity contribution in [2.45, 2.75) is 26.4 Å². The van der Waals surface area contributed by atoms with Crippen LogP contribution in [-0.2, 0) is 4.79 Å². The van der Waals surface area contributed by atoms with Crippen molar-refractivity contribution in [1.82, 2.24) is 4.90 Å². The molecule has 1 aliphatic rings. The molecular formula is C10H16N2O2. The molecule has 1 amide bonds. The third-order valence-electron chi connectivity index (χ3n) is 2.55. The minimum Gasteiger partial charge on any atom is -0.391 e. The number of carbonyl (C=O) groups is 1. The van der Waals surface area contributed by atoms with Gasteiger partial charge < -0.3 is 10.0 Å². The lowest BCUT2D eigenvalue weighted by Gasteiger charge is -2.20. The quantitative estimate of drug-likeness (QED) is 0.694. The Morgan fingerprint density at radius 1 is 1.64 bits per heavy atom. The number of rotatable bonds is 2. The van der Waals surface area contributed by atoms with E-state index in [-0.39, 0.29) is 11.8 Å². The lowest BCUT2D eigenvalue weighted by molar-refractivity contribution is -0.134. The highest BCUT2D eigenvalue weighted by Crippen LogP contribution is 2.17. The van der Waals surface area contributed by atoms with Gasteiger partial charge in [-0.3, -0.25) is 4.79 Å². The van der Waals surface area contributed by atoms with E-state index in [4.69, 9.17) is 5.26 Å². The average Bonchev–Trinajstić information content (AvgIpc) is 2.52. The minimum absolute atomic E-state index is 0.0326. The lowest BCUT2D eigenvalue weighted by Crippen LogP contribution is -2.36. The van der Waals surface area contributed by atoms with Gasteiger partial charge in [0.2, 0.25) is 5.91 Å². The van der Waals surface area contributed by atoms with Gasteiger partial charge in [-0.2, -0.15) is 5.26 Å². The topological polar surface area (TPSA) is 64.3 Å². The first-order valence-electron chi connectivity index (χ1n) is 4.92. The predicted octanol–water partition coefficient (Wildman–Crippen LogP) is 0.375. The van der Waals surface area contributed by atoms with Gasteiger partial charge in [0, 0.05) is 13.1 Å². The lowest BCUT2D eigenvalue weighted by atomic mass is 9.96. The molecule has 1 rings (SSSR count). The Morgan fingerprint density at radius 2 is 2.29 bits per heavy atom. The molecule has 0 aromatic rings. The summed E-state index contributed by atoms with van der Waals surface area (Å²) in [5.74, 6) is -0.676. The number of hydrogen-bond donors (Lipinski definition) is 1. The standard InChI is InChI=1S/C10H16N2O2/c1-7(2)9(5-11)10(14)12-4-3-8(13)6-12/h7-9,13H,3-4,6H2,1-2H3. The molecule has 0 bridgehead atoms. The van der Waals surface area contributed by atoms with Crippen molar-refractivity contribution < 1.29 is 9.90 Å². The molecule has 1 aliphatic heterocycles. The second-order valence-corrected chi connectivity index (χ2v) is 4.08. The van der Waals surface area contributed by atoms with Crippen molar-refractivity contribution in [3.63, 3.8) is 0 Å². The number of hydrogen-bond acceptors (Lipinski definition) is 3. The van der Waals surface area contributed by atoms with Crippen molar-refractivity contribution in [2.24, 2.45) is 11.8 Å². The number of aliphatic hydroxyl groups excluding tert-OH is 1. The molecule has 2 atom stereocenters. The molecule has 0 saturated carbocycles. The Hall–Kier alpha value is -1.08. The first-order valence-corrected chi connectivity index (χ1v) is 4.92. The van der Waals surface area contributed by atoms with Crippen LogP contribution in [0, 0.1) is 23.2 Å². The first kappa shape index (κ1) is 11.0. The molecule has 0 aromatic carbocycles. The van der Waals surface area contributed by atoms with E-state index in [9.17, 15) is 9.90 Å². The third kappa shape index (κ3) is 2.24. The fourth-order valence-corrected chi connectivity index (χ4v) is 1.63. The summed E-state index contributed by atoms with van der Waals surface area (Å²) in [6.07, 6.45) is 0.215. The van der Waals surface area contributed by atoms with Gasteiger partial charge in [-0.1, -0.05) is 13.8 Å². The SMILES string of the molecule is CC(C)C(C#N)C(=O)N1CCC(O)C1. The number of nitrogens with zero attached hydrogens (tertiary/aromatic N) is 2. The zero-order chi connectivity index (χ0) is 10.7. The second kappa shape index (κ2) is 4.43. The molecule has 1 heterocycles. The van der Waals surface area contributed by atoms with Crippen LogP contribution in [-0.4, -0.2) is 35.1 Å². The molecule has 0 radical (unpaired) electrons. The summed E-state index contributed by atoms with van der Waals surface area (Å²) in [5.41, 5.74) is 0. The van der Waals surface area contributed by atoms with E-state index in [1.54, 1.807) is 4.90 Å². The molecule has 1 saturated heterocycles. The zero-order valence-electron chi connectivity index (χ0n) is 8.60. The number of amides is 1. The molecular weight excluding hydrogens is 180 g/mol. The number of aliphatic hydroxyl groups is 1. The van der Waals surface area contributed by atoms with Gasteiger partial charge in [0.05, 0.1) is 12.2 Å². The average molecular weight is 196 g/mol. The fourth-order valence-electron chi connectivity index (χ4n) is 1.63. The van der Waals surface area contributed by atoms with Gasteiger partial charge in [0.15, 0.2) is 0 Å². The molecule has 4 nitrogen and oxygen atoms in total. The van der Waals surface area contributed by atoms with Gasteiger partial charge in [-0.05, 0) is 12.3 Å². The molecule has 14 heavy (non-hydrogen) atoms. The molecule has 1 N–H and O–H groups in total. The van der Waals surface area contributed by atoms with Crippen molar-refractivity contribution >= 4 is 5.91 Å². The molecule has 0 aliphatic carbocycles. The van der Waals surface area contributed by atoms with Crippen LogP contribution in [0.3, 0.4) is 0 Å². The summed E-state index contributed by atoms with van der Waals surface area (Å²) in [7, 11) is 0. The monoisotopic (exact) mass is 196 g/mol. The first-order chi connectivity index (χ1) is 6.56. The Labute approximate surface area is 84.1 Å². The van der Waals surface area contributed by atoms with Crippen LogP contribution in [0.2, 0.25) is 0 Å². The van der Waals surface area contributed by atoms with Gasteiger partial charge in [0.25, 0.3) is 0 Å². The highest BCUT2D eigenvalue weighted by atomic mass is 16.3. The molecule has 2 unspecified atom stereocenters. The zero-order valence-corrected chi connectivity index (χ0v) is 8.60. The number of carbonyl (C=O) groups excluding carboxylic acids is 1. The van der Waals surface area contributed by atoms with Crippen molar-refractivity contribution in [3.8, 4) is 6.07 Å². The van der Waals surface area contributed by atoms with Crippen LogP contribution in [0.15, 0.2) is 0 Å². The summed E-state index contributed by atoms with van der Waals surface area (Å²) in [4.78, 5) is 13.3. The van der Waals surface area contributed by atoms with E-state index in [0.717, 1.165) is 0 Å². The second-order valence-electron chi connectivity index (χ2n) is 4.08. The van der Waals surface area contributed by atoms with Crippen molar-refractivity contribution in [1.29, 1.82) is 5.26 Å². The van der Waals surface area contributed by atoms with E-state index in [1.807, 2.05) is 19.9 Å². The van der Waals surface area contributed by atoms with Crippen LogP contribution in [0.5, 0.6) is 0 Å². The van der Waals surface area contributed by atoms with E-state index in [1.165, 1.54) is 0 Å². The Kier molecular flexibility index (Phi) is 3.48. The Balaban J connectivity index is 2.60. The summed E-state index contributed by atoms with van der Waals surface area (Å²) in [5, 5.41) is 18.1. The summed E-state index contributed by atoms with van der Waals surface area (Å²) >= 11 is 0. The van der Waals surface area contributed by atoms with Gasteiger partial charge >= 0.3 is 0 Å². The fraction of sp³-hybridized carbons (Fsp3) is 0.800. The van der Waals surface area contributed by atoms with Crippen molar-refractivity contribution in [2.75, 3.05) is 13.1 Å².